The van der Waals surface area contributed by atoms with Gasteiger partial charge in [0.15, 0.2) is 0 Å². The van der Waals surface area contributed by atoms with E-state index in [1.54, 1.807) is 13.8 Å². The molecule has 0 aliphatic heterocycles. The summed E-state index contributed by atoms with van der Waals surface area (Å²) in [5, 5.41) is 25.8. The highest BCUT2D eigenvalue weighted by molar-refractivity contribution is 5.94. The summed E-state index contributed by atoms with van der Waals surface area (Å²) in [5.74, 6) is -3.36. The van der Waals surface area contributed by atoms with E-state index in [2.05, 4.69) is 16.0 Å². The first-order valence-corrected chi connectivity index (χ1v) is 11.0. The van der Waals surface area contributed by atoms with Crippen molar-refractivity contribution in [2.75, 3.05) is 6.61 Å². The summed E-state index contributed by atoms with van der Waals surface area (Å²) in [5.41, 5.74) is 6.73. The van der Waals surface area contributed by atoms with Crippen LogP contribution in [-0.2, 0) is 25.6 Å². The van der Waals surface area contributed by atoms with Crippen LogP contribution in [0.15, 0.2) is 30.3 Å². The van der Waals surface area contributed by atoms with E-state index < -0.39 is 54.5 Å². The highest BCUT2D eigenvalue weighted by Crippen LogP contribution is 2.09. The number of aliphatic carboxylic acids is 1. The SMILES string of the molecule is CC(C)CC(NC(=O)C(Cc1ccccc1)NC(=O)C(N)C(C)C)C(=O)NC(CO)C(=O)O. The lowest BCUT2D eigenvalue weighted by molar-refractivity contribution is -0.143. The smallest absolute Gasteiger partial charge is 0.328 e. The molecule has 0 bridgehead atoms. The molecule has 33 heavy (non-hydrogen) atoms. The Morgan fingerprint density at radius 1 is 0.848 bits per heavy atom. The molecule has 0 saturated heterocycles. The monoisotopic (exact) mass is 464 g/mol. The van der Waals surface area contributed by atoms with E-state index in [1.165, 1.54) is 0 Å². The summed E-state index contributed by atoms with van der Waals surface area (Å²) in [4.78, 5) is 49.6. The average molecular weight is 465 g/mol. The predicted molar refractivity (Wildman–Crippen MR) is 123 cm³/mol. The Morgan fingerprint density at radius 2 is 1.36 bits per heavy atom. The molecule has 184 valence electrons. The number of carbonyl (C=O) groups excluding carboxylic acids is 3. The Morgan fingerprint density at radius 3 is 1.85 bits per heavy atom. The minimum absolute atomic E-state index is 0.00465. The fourth-order valence-electron chi connectivity index (χ4n) is 3.06. The van der Waals surface area contributed by atoms with Gasteiger partial charge in [-0.1, -0.05) is 58.0 Å². The molecule has 4 atom stereocenters. The lowest BCUT2D eigenvalue weighted by Crippen LogP contribution is -2.58. The van der Waals surface area contributed by atoms with Gasteiger partial charge in [-0.05, 0) is 23.8 Å². The van der Waals surface area contributed by atoms with E-state index in [4.69, 9.17) is 10.8 Å². The van der Waals surface area contributed by atoms with Crippen LogP contribution < -0.4 is 21.7 Å². The summed E-state index contributed by atoms with van der Waals surface area (Å²) in [6, 6.07) is 4.70. The number of amides is 3. The fraction of sp³-hybridized carbons (Fsp3) is 0.565. The molecular formula is C23H36N4O6. The molecule has 10 heteroatoms. The van der Waals surface area contributed by atoms with Crippen molar-refractivity contribution in [3.63, 3.8) is 0 Å². The number of carboxylic acid groups (broad SMARTS) is 1. The zero-order valence-electron chi connectivity index (χ0n) is 19.6. The first-order chi connectivity index (χ1) is 15.5. The molecule has 0 aliphatic carbocycles. The molecule has 0 fully saturated rings. The average Bonchev–Trinajstić information content (AvgIpc) is 2.75. The van der Waals surface area contributed by atoms with Crippen molar-refractivity contribution in [2.45, 2.75) is 64.7 Å². The molecule has 1 rings (SSSR count). The van der Waals surface area contributed by atoms with Gasteiger partial charge in [-0.2, -0.15) is 0 Å². The van der Waals surface area contributed by atoms with Crippen LogP contribution in [0.3, 0.4) is 0 Å². The number of nitrogens with one attached hydrogen (secondary N) is 3. The summed E-state index contributed by atoms with van der Waals surface area (Å²) >= 11 is 0. The molecule has 7 N–H and O–H groups in total. The zero-order valence-corrected chi connectivity index (χ0v) is 19.6. The zero-order chi connectivity index (χ0) is 25.1. The Kier molecular flexibility index (Phi) is 11.5. The van der Waals surface area contributed by atoms with Crippen molar-refractivity contribution in [3.05, 3.63) is 35.9 Å². The van der Waals surface area contributed by atoms with Crippen molar-refractivity contribution in [1.29, 1.82) is 0 Å². The van der Waals surface area contributed by atoms with E-state index >= 15 is 0 Å². The molecule has 3 amide bonds. The predicted octanol–water partition coefficient (Wildman–Crippen LogP) is -0.210. The number of aliphatic hydroxyl groups is 1. The number of hydrogen-bond donors (Lipinski definition) is 6. The normalized spacial score (nSPS) is 14.8. The Hall–Kier alpha value is -2.98. The highest BCUT2D eigenvalue weighted by Gasteiger charge is 2.31. The van der Waals surface area contributed by atoms with Gasteiger partial charge in [0.1, 0.15) is 18.1 Å². The van der Waals surface area contributed by atoms with Crippen LogP contribution >= 0.6 is 0 Å². The Balaban J connectivity index is 3.08. The van der Waals surface area contributed by atoms with E-state index in [9.17, 15) is 24.3 Å². The van der Waals surface area contributed by atoms with Gasteiger partial charge < -0.3 is 31.9 Å². The van der Waals surface area contributed by atoms with E-state index in [-0.39, 0.29) is 24.7 Å². The number of aliphatic hydroxyl groups excluding tert-OH is 1. The van der Waals surface area contributed by atoms with Crippen molar-refractivity contribution < 1.29 is 29.4 Å². The van der Waals surface area contributed by atoms with Gasteiger partial charge in [0, 0.05) is 6.42 Å². The van der Waals surface area contributed by atoms with Crippen molar-refractivity contribution in [2.24, 2.45) is 17.6 Å². The maximum atomic E-state index is 13.1. The van der Waals surface area contributed by atoms with Crippen LogP contribution in [-0.4, -0.2) is 64.7 Å². The lowest BCUT2D eigenvalue weighted by atomic mass is 9.99. The van der Waals surface area contributed by atoms with Gasteiger partial charge in [-0.15, -0.1) is 0 Å². The molecule has 0 radical (unpaired) electrons. The van der Waals surface area contributed by atoms with Crippen LogP contribution in [0.25, 0.3) is 0 Å². The Labute approximate surface area is 194 Å². The maximum absolute atomic E-state index is 13.1. The second-order valence-corrected chi connectivity index (χ2v) is 8.79. The van der Waals surface area contributed by atoms with Gasteiger partial charge in [-0.25, -0.2) is 4.79 Å². The van der Waals surface area contributed by atoms with E-state index in [0.717, 1.165) is 5.56 Å². The quantitative estimate of drug-likeness (QED) is 0.234. The fourth-order valence-corrected chi connectivity index (χ4v) is 3.06. The van der Waals surface area contributed by atoms with Gasteiger partial charge in [0.25, 0.3) is 0 Å². The van der Waals surface area contributed by atoms with E-state index in [0.29, 0.717) is 0 Å². The van der Waals surface area contributed by atoms with Crippen molar-refractivity contribution in [1.82, 2.24) is 16.0 Å². The summed E-state index contributed by atoms with van der Waals surface area (Å²) < 4.78 is 0. The van der Waals surface area contributed by atoms with Crippen LogP contribution in [0.1, 0.15) is 39.7 Å². The van der Waals surface area contributed by atoms with Gasteiger partial charge in [0.2, 0.25) is 17.7 Å². The summed E-state index contributed by atoms with van der Waals surface area (Å²) in [6.45, 7) is 6.48. The van der Waals surface area contributed by atoms with Crippen LogP contribution in [0.4, 0.5) is 0 Å². The van der Waals surface area contributed by atoms with Crippen LogP contribution in [0, 0.1) is 11.8 Å². The van der Waals surface area contributed by atoms with Gasteiger partial charge in [0.05, 0.1) is 12.6 Å². The highest BCUT2D eigenvalue weighted by atomic mass is 16.4. The van der Waals surface area contributed by atoms with Crippen molar-refractivity contribution >= 4 is 23.7 Å². The first kappa shape index (κ1) is 28.1. The molecule has 4 unspecified atom stereocenters. The topological polar surface area (TPSA) is 171 Å². The largest absolute Gasteiger partial charge is 0.480 e. The summed E-state index contributed by atoms with van der Waals surface area (Å²) in [6.07, 6.45) is 0.403. The third-order valence-corrected chi connectivity index (χ3v) is 5.07. The van der Waals surface area contributed by atoms with Gasteiger partial charge >= 0.3 is 5.97 Å². The van der Waals surface area contributed by atoms with E-state index in [1.807, 2.05) is 44.2 Å². The van der Waals surface area contributed by atoms with Crippen molar-refractivity contribution in [3.8, 4) is 0 Å². The molecule has 1 aromatic carbocycles. The molecule has 0 aromatic heterocycles. The molecule has 10 nitrogen and oxygen atoms in total. The number of rotatable bonds is 13. The maximum Gasteiger partial charge on any atom is 0.328 e. The number of nitrogens with two attached hydrogens (primary N) is 1. The Bertz CT molecular complexity index is 799. The second-order valence-electron chi connectivity index (χ2n) is 8.79. The number of carbonyl (C=O) groups is 4. The molecule has 0 spiro atoms. The first-order valence-electron chi connectivity index (χ1n) is 11.0. The number of hydrogen-bond acceptors (Lipinski definition) is 6. The molecule has 0 saturated carbocycles. The number of carboxylic acids is 1. The summed E-state index contributed by atoms with van der Waals surface area (Å²) in [7, 11) is 0. The minimum atomic E-state index is -1.49. The minimum Gasteiger partial charge on any atom is -0.480 e. The standard InChI is InChI=1S/C23H36N4O6/c1-13(2)10-16(20(29)27-18(12-28)23(32)33)25-21(30)17(11-15-8-6-5-7-9-15)26-22(31)19(24)14(3)4/h5-9,13-14,16-19,28H,10-12,24H2,1-4H3,(H,25,30)(H,26,31)(H,27,29)(H,32,33). The molecular weight excluding hydrogens is 428 g/mol. The molecule has 0 heterocycles. The third-order valence-electron chi connectivity index (χ3n) is 5.07. The van der Waals surface area contributed by atoms with Gasteiger partial charge in [-0.3, -0.25) is 14.4 Å². The lowest BCUT2D eigenvalue weighted by Gasteiger charge is -2.26. The van der Waals surface area contributed by atoms with Crippen LogP contribution in [0.5, 0.6) is 0 Å². The van der Waals surface area contributed by atoms with Crippen LogP contribution in [0.2, 0.25) is 0 Å². The number of benzene rings is 1. The second kappa shape index (κ2) is 13.5. The third kappa shape index (κ3) is 9.58. The molecule has 0 aliphatic rings. The molecule has 1 aromatic rings.